The summed E-state index contributed by atoms with van der Waals surface area (Å²) >= 11 is 7.70. The summed E-state index contributed by atoms with van der Waals surface area (Å²) in [4.78, 5) is 1.38. The number of nitrogens with one attached hydrogen (secondary N) is 1. The largest absolute Gasteiger partial charge is 0.316 e. The molecule has 1 saturated carbocycles. The molecule has 2 aromatic rings. The van der Waals surface area contributed by atoms with Crippen LogP contribution in [0.15, 0.2) is 42.5 Å². The highest BCUT2D eigenvalue weighted by Crippen LogP contribution is 2.50. The summed E-state index contributed by atoms with van der Waals surface area (Å²) in [5, 5.41) is 3.49. The van der Waals surface area contributed by atoms with E-state index in [0.717, 1.165) is 22.6 Å². The van der Waals surface area contributed by atoms with Crippen molar-refractivity contribution >= 4 is 22.9 Å². The van der Waals surface area contributed by atoms with Gasteiger partial charge in [0.05, 0.1) is 4.34 Å². The van der Waals surface area contributed by atoms with Gasteiger partial charge in [-0.3, -0.25) is 0 Å². The molecule has 0 amide bonds. The normalized spacial score (nSPS) is 23.3. The summed E-state index contributed by atoms with van der Waals surface area (Å²) in [5.41, 5.74) is 1.48. The Hall–Kier alpha value is -0.830. The summed E-state index contributed by atoms with van der Waals surface area (Å²) < 4.78 is 0.889. The number of hydrogen-bond donors (Lipinski definition) is 1. The van der Waals surface area contributed by atoms with Crippen LogP contribution < -0.4 is 5.32 Å². The molecule has 0 spiro atoms. The van der Waals surface area contributed by atoms with E-state index >= 15 is 0 Å². The van der Waals surface area contributed by atoms with Crippen LogP contribution in [0, 0.1) is 5.92 Å². The van der Waals surface area contributed by atoms with Gasteiger partial charge in [0.1, 0.15) is 0 Å². The Morgan fingerprint density at radius 1 is 1.26 bits per heavy atom. The molecule has 1 aliphatic rings. The molecule has 0 bridgehead atoms. The fourth-order valence-electron chi connectivity index (χ4n) is 2.89. The first-order valence-corrected chi connectivity index (χ1v) is 7.94. The minimum Gasteiger partial charge on any atom is -0.316 e. The first-order valence-electron chi connectivity index (χ1n) is 6.74. The van der Waals surface area contributed by atoms with Crippen LogP contribution >= 0.6 is 22.9 Å². The Labute approximate surface area is 123 Å². The van der Waals surface area contributed by atoms with E-state index in [1.165, 1.54) is 16.9 Å². The van der Waals surface area contributed by atoms with E-state index < -0.39 is 0 Å². The molecule has 0 saturated heterocycles. The highest BCUT2D eigenvalue weighted by molar-refractivity contribution is 7.16. The number of likely N-dealkylation sites (N-methyl/N-ethyl adjacent to an activating group) is 1. The van der Waals surface area contributed by atoms with Crippen molar-refractivity contribution in [2.24, 2.45) is 5.92 Å². The second-order valence-electron chi connectivity index (χ2n) is 5.22. The first-order chi connectivity index (χ1) is 9.28. The van der Waals surface area contributed by atoms with Crippen LogP contribution in [0.5, 0.6) is 0 Å². The zero-order valence-electron chi connectivity index (χ0n) is 11.0. The van der Waals surface area contributed by atoms with Gasteiger partial charge in [-0.1, -0.05) is 41.9 Å². The van der Waals surface area contributed by atoms with Crippen molar-refractivity contribution in [2.45, 2.75) is 24.8 Å². The van der Waals surface area contributed by atoms with Crippen LogP contribution in [-0.4, -0.2) is 13.1 Å². The minimum atomic E-state index is 0.555. The van der Waals surface area contributed by atoms with E-state index in [4.69, 9.17) is 11.6 Å². The minimum absolute atomic E-state index is 0.555. The lowest BCUT2D eigenvalue weighted by Gasteiger charge is -2.15. The molecule has 3 heteroatoms. The second-order valence-corrected chi connectivity index (χ2v) is 7.02. The lowest BCUT2D eigenvalue weighted by molar-refractivity contribution is 0.494. The number of hydrogen-bond acceptors (Lipinski definition) is 2. The zero-order chi connectivity index (χ0) is 13.2. The molecule has 1 N–H and O–H groups in total. The van der Waals surface area contributed by atoms with Crippen LogP contribution in [0.4, 0.5) is 0 Å². The van der Waals surface area contributed by atoms with Crippen molar-refractivity contribution in [3.63, 3.8) is 0 Å². The predicted molar refractivity (Wildman–Crippen MR) is 83.2 cm³/mol. The third-order valence-corrected chi connectivity index (χ3v) is 5.26. The zero-order valence-corrected chi connectivity index (χ0v) is 12.5. The van der Waals surface area contributed by atoms with E-state index in [1.807, 2.05) is 6.07 Å². The first kappa shape index (κ1) is 13.2. The molecule has 0 radical (unpaired) electrons. The van der Waals surface area contributed by atoms with E-state index in [1.54, 1.807) is 11.3 Å². The summed E-state index contributed by atoms with van der Waals surface area (Å²) in [7, 11) is 2.07. The Bertz CT molecular complexity index is 537. The number of benzene rings is 1. The molecule has 1 heterocycles. The number of rotatable bonds is 5. The maximum atomic E-state index is 6.00. The highest BCUT2D eigenvalue weighted by Gasteiger charge is 2.43. The quantitative estimate of drug-likeness (QED) is 0.864. The summed E-state index contributed by atoms with van der Waals surface area (Å²) in [6, 6.07) is 15.6. The van der Waals surface area contributed by atoms with Gasteiger partial charge in [-0.05, 0) is 49.4 Å². The molecule has 3 unspecified atom stereocenters. The lowest BCUT2D eigenvalue weighted by atomic mass is 10.0. The molecular weight excluding hydrogens is 274 g/mol. The Balaban J connectivity index is 1.65. The monoisotopic (exact) mass is 291 g/mol. The molecular formula is C16H18ClNS. The number of halogens is 1. The maximum Gasteiger partial charge on any atom is 0.0931 e. The molecule has 100 valence electrons. The molecule has 1 aromatic carbocycles. The van der Waals surface area contributed by atoms with Gasteiger partial charge in [-0.25, -0.2) is 0 Å². The van der Waals surface area contributed by atoms with Crippen LogP contribution in [0.3, 0.4) is 0 Å². The van der Waals surface area contributed by atoms with Gasteiger partial charge < -0.3 is 5.32 Å². The lowest BCUT2D eigenvalue weighted by Crippen LogP contribution is -2.30. The second kappa shape index (κ2) is 5.66. The number of thiophene rings is 1. The smallest absolute Gasteiger partial charge is 0.0931 e. The van der Waals surface area contributed by atoms with Gasteiger partial charge in [0.15, 0.2) is 0 Å². The molecule has 3 rings (SSSR count). The van der Waals surface area contributed by atoms with Crippen molar-refractivity contribution in [3.05, 3.63) is 57.2 Å². The standard InChI is InChI=1S/C16H18ClNS/c1-18-15(9-12-7-8-16(17)19-12)14-10-13(14)11-5-3-2-4-6-11/h2-8,13-15,18H,9-10H2,1H3. The Morgan fingerprint density at radius 2 is 2.05 bits per heavy atom. The summed E-state index contributed by atoms with van der Waals surface area (Å²) in [6.07, 6.45) is 2.39. The van der Waals surface area contributed by atoms with Crippen LogP contribution in [0.2, 0.25) is 4.34 Å². The van der Waals surface area contributed by atoms with Crippen molar-refractivity contribution in [3.8, 4) is 0 Å². The van der Waals surface area contributed by atoms with Gasteiger partial charge in [0.25, 0.3) is 0 Å². The van der Waals surface area contributed by atoms with Gasteiger partial charge >= 0.3 is 0 Å². The molecule has 1 nitrogen and oxygen atoms in total. The average molecular weight is 292 g/mol. The SMILES string of the molecule is CNC(Cc1ccc(Cl)s1)C1CC1c1ccccc1. The van der Waals surface area contributed by atoms with Gasteiger partial charge in [-0.2, -0.15) is 0 Å². The summed E-state index contributed by atoms with van der Waals surface area (Å²) in [5.74, 6) is 1.49. The van der Waals surface area contributed by atoms with E-state index in [-0.39, 0.29) is 0 Å². The van der Waals surface area contributed by atoms with Crippen LogP contribution in [0.1, 0.15) is 22.8 Å². The molecule has 0 aliphatic heterocycles. The molecule has 19 heavy (non-hydrogen) atoms. The van der Waals surface area contributed by atoms with Crippen molar-refractivity contribution in [2.75, 3.05) is 7.05 Å². The maximum absolute atomic E-state index is 6.00. The third kappa shape index (κ3) is 3.02. The van der Waals surface area contributed by atoms with Crippen molar-refractivity contribution in [1.82, 2.24) is 5.32 Å². The van der Waals surface area contributed by atoms with Crippen molar-refractivity contribution in [1.29, 1.82) is 0 Å². The van der Waals surface area contributed by atoms with E-state index in [0.29, 0.717) is 6.04 Å². The van der Waals surface area contributed by atoms with Crippen molar-refractivity contribution < 1.29 is 0 Å². The predicted octanol–water partition coefficient (Wildman–Crippen LogP) is 4.34. The fourth-order valence-corrected chi connectivity index (χ4v) is 4.03. The van der Waals surface area contributed by atoms with Gasteiger partial charge in [0, 0.05) is 10.9 Å². The van der Waals surface area contributed by atoms with Gasteiger partial charge in [-0.15, -0.1) is 11.3 Å². The Kier molecular flexibility index (Phi) is 3.92. The van der Waals surface area contributed by atoms with E-state index in [2.05, 4.69) is 48.8 Å². The summed E-state index contributed by atoms with van der Waals surface area (Å²) in [6.45, 7) is 0. The highest BCUT2D eigenvalue weighted by atomic mass is 35.5. The molecule has 1 fully saturated rings. The third-order valence-electron chi connectivity index (χ3n) is 4.01. The molecule has 3 atom stereocenters. The molecule has 1 aromatic heterocycles. The topological polar surface area (TPSA) is 12.0 Å². The van der Waals surface area contributed by atoms with Gasteiger partial charge in [0.2, 0.25) is 0 Å². The van der Waals surface area contributed by atoms with Crippen LogP contribution in [-0.2, 0) is 6.42 Å². The van der Waals surface area contributed by atoms with Crippen LogP contribution in [0.25, 0.3) is 0 Å². The Morgan fingerprint density at radius 3 is 2.68 bits per heavy atom. The fraction of sp³-hybridized carbons (Fsp3) is 0.375. The molecule has 1 aliphatic carbocycles. The average Bonchev–Trinajstić information content (AvgIpc) is 3.13. The van der Waals surface area contributed by atoms with E-state index in [9.17, 15) is 0 Å².